The van der Waals surface area contributed by atoms with Crippen molar-refractivity contribution in [3.8, 4) is 0 Å². The number of nitrogens with zero attached hydrogens (tertiary/aromatic N) is 1. The van der Waals surface area contributed by atoms with Gasteiger partial charge in [-0.05, 0) is 26.2 Å². The molecule has 1 rings (SSSR count). The summed E-state index contributed by atoms with van der Waals surface area (Å²) in [5, 5.41) is 8.46. The van der Waals surface area contributed by atoms with Gasteiger partial charge < -0.3 is 9.84 Å². The molecule has 2 atom stereocenters. The molecule has 0 aromatic rings. The normalized spacial score (nSPS) is 26.4. The maximum absolute atomic E-state index is 13.5. The fraction of sp³-hybridized carbons (Fsp3) is 0.917. The maximum atomic E-state index is 13.5. The molecule has 2 unspecified atom stereocenters. The fourth-order valence-electron chi connectivity index (χ4n) is 2.12. The van der Waals surface area contributed by atoms with Gasteiger partial charge in [0.25, 0.3) is 0 Å². The van der Waals surface area contributed by atoms with E-state index in [-0.39, 0.29) is 18.9 Å². The highest BCUT2D eigenvalue weighted by Crippen LogP contribution is 2.21. The molecule has 0 aliphatic carbocycles. The van der Waals surface area contributed by atoms with Gasteiger partial charge >= 0.3 is 5.97 Å². The predicted molar refractivity (Wildman–Crippen MR) is 62.8 cm³/mol. The Morgan fingerprint density at radius 1 is 1.53 bits per heavy atom. The van der Waals surface area contributed by atoms with E-state index in [1.165, 1.54) is 0 Å². The maximum Gasteiger partial charge on any atom is 0.305 e. The van der Waals surface area contributed by atoms with Crippen LogP contribution < -0.4 is 0 Å². The minimum absolute atomic E-state index is 0.0136. The SMILES string of the molecule is CC(C)N1CC(F)CC(COCCC(=O)O)C1. The first-order valence-electron chi connectivity index (χ1n) is 6.16. The smallest absolute Gasteiger partial charge is 0.305 e. The summed E-state index contributed by atoms with van der Waals surface area (Å²) in [7, 11) is 0. The van der Waals surface area contributed by atoms with Crippen molar-refractivity contribution in [1.82, 2.24) is 4.90 Å². The van der Waals surface area contributed by atoms with Gasteiger partial charge in [0.2, 0.25) is 0 Å². The number of hydrogen-bond donors (Lipinski definition) is 1. The monoisotopic (exact) mass is 247 g/mol. The third-order valence-corrected chi connectivity index (χ3v) is 3.06. The topological polar surface area (TPSA) is 49.8 Å². The Morgan fingerprint density at radius 2 is 2.24 bits per heavy atom. The highest BCUT2D eigenvalue weighted by Gasteiger charge is 2.28. The van der Waals surface area contributed by atoms with Crippen LogP contribution in [0.1, 0.15) is 26.7 Å². The van der Waals surface area contributed by atoms with Crippen LogP contribution in [0.4, 0.5) is 4.39 Å². The van der Waals surface area contributed by atoms with Gasteiger partial charge in [-0.25, -0.2) is 4.39 Å². The molecule has 0 amide bonds. The van der Waals surface area contributed by atoms with Gasteiger partial charge in [-0.3, -0.25) is 9.69 Å². The molecular formula is C12H22FNO3. The van der Waals surface area contributed by atoms with E-state index in [4.69, 9.17) is 9.84 Å². The summed E-state index contributed by atoms with van der Waals surface area (Å²) in [5.74, 6) is -0.684. The summed E-state index contributed by atoms with van der Waals surface area (Å²) in [6, 6.07) is 0.343. The Balaban J connectivity index is 2.25. The Morgan fingerprint density at radius 3 is 2.82 bits per heavy atom. The quantitative estimate of drug-likeness (QED) is 0.723. The van der Waals surface area contributed by atoms with Crippen molar-refractivity contribution in [1.29, 1.82) is 0 Å². The number of hydrogen-bond acceptors (Lipinski definition) is 3. The summed E-state index contributed by atoms with van der Waals surface area (Å²) in [6.07, 6.45) is -0.255. The number of alkyl halides is 1. The zero-order chi connectivity index (χ0) is 12.8. The number of carboxylic acid groups (broad SMARTS) is 1. The Hall–Kier alpha value is -0.680. The number of likely N-dealkylation sites (tertiary alicyclic amines) is 1. The number of rotatable bonds is 6. The van der Waals surface area contributed by atoms with E-state index in [1.54, 1.807) is 0 Å². The molecule has 17 heavy (non-hydrogen) atoms. The first-order chi connectivity index (χ1) is 7.99. The van der Waals surface area contributed by atoms with E-state index >= 15 is 0 Å². The molecule has 1 fully saturated rings. The zero-order valence-electron chi connectivity index (χ0n) is 10.6. The first-order valence-corrected chi connectivity index (χ1v) is 6.16. The van der Waals surface area contributed by atoms with Gasteiger partial charge in [-0.2, -0.15) is 0 Å². The lowest BCUT2D eigenvalue weighted by Gasteiger charge is -2.37. The van der Waals surface area contributed by atoms with Crippen molar-refractivity contribution in [2.24, 2.45) is 5.92 Å². The van der Waals surface area contributed by atoms with E-state index in [2.05, 4.69) is 18.7 Å². The van der Waals surface area contributed by atoms with Crippen LogP contribution in [0, 0.1) is 5.92 Å². The van der Waals surface area contributed by atoms with Gasteiger partial charge in [0.15, 0.2) is 0 Å². The van der Waals surface area contributed by atoms with Crippen molar-refractivity contribution in [3.63, 3.8) is 0 Å². The molecule has 5 heteroatoms. The highest BCUT2D eigenvalue weighted by molar-refractivity contribution is 5.66. The number of aliphatic carboxylic acids is 1. The number of carbonyl (C=O) groups is 1. The molecule has 1 aliphatic heterocycles. The number of piperidine rings is 1. The van der Waals surface area contributed by atoms with E-state index in [9.17, 15) is 9.18 Å². The summed E-state index contributed by atoms with van der Waals surface area (Å²) >= 11 is 0. The second-order valence-electron chi connectivity index (χ2n) is 4.97. The molecular weight excluding hydrogens is 225 g/mol. The molecule has 0 radical (unpaired) electrons. The molecule has 0 bridgehead atoms. The van der Waals surface area contributed by atoms with Crippen molar-refractivity contribution in [2.45, 2.75) is 38.9 Å². The van der Waals surface area contributed by atoms with Crippen molar-refractivity contribution in [3.05, 3.63) is 0 Å². The largest absolute Gasteiger partial charge is 0.481 e. The summed E-state index contributed by atoms with van der Waals surface area (Å²) in [6.45, 7) is 6.12. The predicted octanol–water partition coefficient (Wildman–Crippen LogP) is 1.55. The van der Waals surface area contributed by atoms with Crippen molar-refractivity contribution >= 4 is 5.97 Å². The summed E-state index contributed by atoms with van der Waals surface area (Å²) in [4.78, 5) is 12.4. The molecule has 0 aromatic carbocycles. The van der Waals surface area contributed by atoms with E-state index in [0.29, 0.717) is 25.6 Å². The molecule has 1 aliphatic rings. The van der Waals surface area contributed by atoms with Crippen LogP contribution in [0.3, 0.4) is 0 Å². The van der Waals surface area contributed by atoms with Gasteiger partial charge in [-0.15, -0.1) is 0 Å². The Labute approximate surface area is 102 Å². The van der Waals surface area contributed by atoms with E-state index in [1.807, 2.05) is 0 Å². The number of carboxylic acids is 1. The third-order valence-electron chi connectivity index (χ3n) is 3.06. The average Bonchev–Trinajstić information content (AvgIpc) is 2.23. The standard InChI is InChI=1S/C12H22FNO3/c1-9(2)14-6-10(5-11(13)7-14)8-17-4-3-12(15)16/h9-11H,3-8H2,1-2H3,(H,15,16). The molecule has 100 valence electrons. The van der Waals surface area contributed by atoms with Crippen LogP contribution in [0.15, 0.2) is 0 Å². The average molecular weight is 247 g/mol. The second kappa shape index (κ2) is 6.91. The molecule has 0 saturated carbocycles. The van der Waals surface area contributed by atoms with E-state index < -0.39 is 12.1 Å². The number of halogens is 1. The van der Waals surface area contributed by atoms with Gasteiger partial charge in [0.1, 0.15) is 6.17 Å². The minimum Gasteiger partial charge on any atom is -0.481 e. The van der Waals surface area contributed by atoms with Crippen LogP contribution >= 0.6 is 0 Å². The third kappa shape index (κ3) is 5.46. The first kappa shape index (κ1) is 14.4. The molecule has 1 heterocycles. The summed E-state index contributed by atoms with van der Waals surface area (Å²) < 4.78 is 18.8. The molecule has 1 saturated heterocycles. The lowest BCUT2D eigenvalue weighted by atomic mass is 9.96. The lowest BCUT2D eigenvalue weighted by Crippen LogP contribution is -2.46. The lowest BCUT2D eigenvalue weighted by molar-refractivity contribution is -0.138. The Kier molecular flexibility index (Phi) is 5.85. The van der Waals surface area contributed by atoms with Crippen LogP contribution in [0.2, 0.25) is 0 Å². The van der Waals surface area contributed by atoms with Crippen molar-refractivity contribution in [2.75, 3.05) is 26.3 Å². The second-order valence-corrected chi connectivity index (χ2v) is 4.97. The number of ether oxygens (including phenoxy) is 1. The molecule has 4 nitrogen and oxygen atoms in total. The van der Waals surface area contributed by atoms with E-state index in [0.717, 1.165) is 6.54 Å². The Bertz CT molecular complexity index is 248. The van der Waals surface area contributed by atoms with Crippen LogP contribution in [-0.2, 0) is 9.53 Å². The van der Waals surface area contributed by atoms with Crippen LogP contribution in [0.25, 0.3) is 0 Å². The van der Waals surface area contributed by atoms with Gasteiger partial charge in [0, 0.05) is 19.1 Å². The van der Waals surface area contributed by atoms with Gasteiger partial charge in [0.05, 0.1) is 19.6 Å². The molecule has 0 aromatic heterocycles. The van der Waals surface area contributed by atoms with Crippen molar-refractivity contribution < 1.29 is 19.0 Å². The highest BCUT2D eigenvalue weighted by atomic mass is 19.1. The molecule has 1 N–H and O–H groups in total. The fourth-order valence-corrected chi connectivity index (χ4v) is 2.12. The molecule has 0 spiro atoms. The minimum atomic E-state index is -0.860. The zero-order valence-corrected chi connectivity index (χ0v) is 10.6. The summed E-state index contributed by atoms with van der Waals surface area (Å²) in [5.41, 5.74) is 0. The van der Waals surface area contributed by atoms with Gasteiger partial charge in [-0.1, -0.05) is 0 Å². The van der Waals surface area contributed by atoms with Crippen LogP contribution in [0.5, 0.6) is 0 Å². The van der Waals surface area contributed by atoms with Crippen LogP contribution in [-0.4, -0.2) is 54.5 Å².